The highest BCUT2D eigenvalue weighted by Crippen LogP contribution is 2.20. The molecule has 42 heavy (non-hydrogen) atoms. The minimum absolute atomic E-state index is 0.152. The molecule has 6 aromatic rings. The molecule has 6 rings (SSSR count). The van der Waals surface area contributed by atoms with Gasteiger partial charge in [0.25, 0.3) is 0 Å². The second-order valence-electron chi connectivity index (χ2n) is 10.4. The molecule has 6 heteroatoms. The first-order valence-corrected chi connectivity index (χ1v) is 14.1. The van der Waals surface area contributed by atoms with Crippen molar-refractivity contribution in [2.75, 3.05) is 0 Å². The molecule has 0 amide bonds. The molecule has 4 nitrogen and oxygen atoms in total. The fraction of sp³-hybridized carbons (Fsp3) is 0.0556. The van der Waals surface area contributed by atoms with Gasteiger partial charge in [-0.15, -0.1) is 0 Å². The topological polar surface area (TPSA) is 57.4 Å². The van der Waals surface area contributed by atoms with E-state index in [4.69, 9.17) is 0 Å². The van der Waals surface area contributed by atoms with Crippen molar-refractivity contribution in [1.82, 2.24) is 8.96 Å². The van der Waals surface area contributed by atoms with Gasteiger partial charge in [-0.1, -0.05) is 143 Å². The highest BCUT2D eigenvalue weighted by molar-refractivity contribution is 6.84. The number of nitrogens with zero attached hydrogens (tertiary/aromatic N) is 4. The van der Waals surface area contributed by atoms with Crippen molar-refractivity contribution in [3.8, 4) is 12.1 Å². The van der Waals surface area contributed by atoms with Crippen LogP contribution in [0.5, 0.6) is 0 Å². The maximum absolute atomic E-state index is 10.1. The zero-order valence-corrected chi connectivity index (χ0v) is 23.6. The monoisotopic (exact) mass is 538 g/mol. The van der Waals surface area contributed by atoms with Crippen LogP contribution in [-0.4, -0.2) is 22.7 Å². The van der Waals surface area contributed by atoms with Crippen LogP contribution in [0, 0.1) is 36.5 Å². The molecule has 0 fully saturated rings. The fourth-order valence-corrected chi connectivity index (χ4v) is 6.43. The summed E-state index contributed by atoms with van der Waals surface area (Å²) in [6, 6.07) is 46.2. The Labute approximate surface area is 246 Å². The summed E-state index contributed by atoms with van der Waals surface area (Å²) in [5.41, 5.74) is 6.51. The second kappa shape index (κ2) is 11.6. The van der Waals surface area contributed by atoms with Crippen molar-refractivity contribution >= 4 is 58.5 Å². The van der Waals surface area contributed by atoms with E-state index in [1.807, 2.05) is 24.3 Å². The van der Waals surface area contributed by atoms with E-state index in [1.165, 1.54) is 0 Å². The predicted octanol–water partition coefficient (Wildman–Crippen LogP) is 2.98. The summed E-state index contributed by atoms with van der Waals surface area (Å²) in [4.78, 5) is 0. The first-order chi connectivity index (χ1) is 20.7. The van der Waals surface area contributed by atoms with Crippen LogP contribution < -0.4 is 32.5 Å². The quantitative estimate of drug-likeness (QED) is 0.307. The number of rotatable bonds is 6. The fourth-order valence-electron chi connectivity index (χ4n) is 6.43. The molecule has 0 aliphatic carbocycles. The second-order valence-corrected chi connectivity index (χ2v) is 10.4. The molecule has 2 aromatic heterocycles. The Morgan fingerprint density at radius 1 is 0.476 bits per heavy atom. The summed E-state index contributed by atoms with van der Waals surface area (Å²) in [7, 11) is 0. The average Bonchev–Trinajstić information content (AvgIpc) is 3.47. The molecular weight excluding hydrogens is 510 g/mol. The van der Waals surface area contributed by atoms with Crippen LogP contribution in [0.25, 0.3) is 22.9 Å². The zero-order chi connectivity index (χ0) is 29.1. The van der Waals surface area contributed by atoms with Gasteiger partial charge in [-0.05, 0) is 13.8 Å². The summed E-state index contributed by atoms with van der Waals surface area (Å²) >= 11 is 0. The van der Waals surface area contributed by atoms with Crippen LogP contribution in [0.2, 0.25) is 0 Å². The van der Waals surface area contributed by atoms with Gasteiger partial charge in [0.2, 0.25) is 0 Å². The molecule has 0 aliphatic heterocycles. The van der Waals surface area contributed by atoms with Crippen LogP contribution in [0.4, 0.5) is 0 Å². The summed E-state index contributed by atoms with van der Waals surface area (Å²) < 4.78 is 4.54. The zero-order valence-electron chi connectivity index (χ0n) is 23.6. The number of fused-ring (bicyclic) bond motifs is 1. The SMILES string of the molecule is Cc1c2/c(=C\C#N)n(B(c3ccccc3)c3ccccc3)c(C)c2/c(=C\C#N)n1B(c1ccccc1)c1ccccc1. The van der Waals surface area contributed by atoms with Gasteiger partial charge in [-0.3, -0.25) is 0 Å². The third kappa shape index (κ3) is 4.54. The lowest BCUT2D eigenvalue weighted by Gasteiger charge is -2.21. The van der Waals surface area contributed by atoms with Gasteiger partial charge >= 0.3 is 13.7 Å². The van der Waals surface area contributed by atoms with Gasteiger partial charge < -0.3 is 8.96 Å². The molecule has 0 aliphatic rings. The molecule has 0 N–H and O–H groups in total. The number of hydrogen-bond donors (Lipinski definition) is 0. The van der Waals surface area contributed by atoms with E-state index in [1.54, 1.807) is 12.2 Å². The van der Waals surface area contributed by atoms with E-state index in [2.05, 4.69) is 132 Å². The van der Waals surface area contributed by atoms with Gasteiger partial charge in [-0.25, -0.2) is 0 Å². The Balaban J connectivity index is 1.75. The number of benzene rings is 4. The minimum Gasteiger partial charge on any atom is -0.379 e. The van der Waals surface area contributed by atoms with Crippen molar-refractivity contribution in [3.63, 3.8) is 0 Å². The smallest absolute Gasteiger partial charge is 0.327 e. The normalized spacial score (nSPS) is 11.8. The molecule has 0 saturated carbocycles. The molecule has 198 valence electrons. The standard InChI is InChI=1S/C36H28B2N4/c1-27-35-33(23-25-39)42(38(31-19-11-5-12-20-31)32-21-13-6-14-22-32)28(2)36(35)34(24-26-40)41(27)37(29-15-7-3-8-16-29)30-17-9-4-10-18-30/h3-24H,1-2H3/b33-23+,34-24+. The third-order valence-corrected chi connectivity index (χ3v) is 8.11. The summed E-state index contributed by atoms with van der Waals surface area (Å²) in [5.74, 6) is 0. The van der Waals surface area contributed by atoms with Crippen molar-refractivity contribution in [1.29, 1.82) is 10.5 Å². The maximum atomic E-state index is 10.1. The van der Waals surface area contributed by atoms with Crippen molar-refractivity contribution in [2.45, 2.75) is 13.8 Å². The van der Waals surface area contributed by atoms with Gasteiger partial charge in [0.1, 0.15) is 0 Å². The van der Waals surface area contributed by atoms with E-state index in [0.717, 1.165) is 54.7 Å². The van der Waals surface area contributed by atoms with Crippen molar-refractivity contribution in [2.24, 2.45) is 0 Å². The predicted molar refractivity (Wildman–Crippen MR) is 175 cm³/mol. The maximum Gasteiger partial charge on any atom is 0.327 e. The van der Waals surface area contributed by atoms with Crippen LogP contribution in [-0.2, 0) is 0 Å². The number of nitriles is 2. The van der Waals surface area contributed by atoms with E-state index in [0.29, 0.717) is 0 Å². The Kier molecular flexibility index (Phi) is 7.37. The van der Waals surface area contributed by atoms with Crippen molar-refractivity contribution < 1.29 is 0 Å². The lowest BCUT2D eigenvalue weighted by atomic mass is 9.50. The van der Waals surface area contributed by atoms with E-state index >= 15 is 0 Å². The summed E-state index contributed by atoms with van der Waals surface area (Å²) in [6.07, 6.45) is 3.31. The summed E-state index contributed by atoms with van der Waals surface area (Å²) in [5, 5.41) is 23.8. The largest absolute Gasteiger partial charge is 0.379 e. The Hall–Kier alpha value is -5.45. The summed E-state index contributed by atoms with van der Waals surface area (Å²) in [6.45, 7) is 3.91. The number of aryl methyl sites for hydroxylation is 2. The van der Waals surface area contributed by atoms with Gasteiger partial charge in [0.15, 0.2) is 0 Å². The number of aromatic nitrogens is 2. The molecule has 0 unspecified atom stereocenters. The Bertz CT molecular complexity index is 1840. The molecule has 0 atom stereocenters. The molecule has 0 radical (unpaired) electrons. The van der Waals surface area contributed by atoms with E-state index in [9.17, 15) is 10.5 Å². The van der Waals surface area contributed by atoms with E-state index in [-0.39, 0.29) is 13.7 Å². The molecule has 0 bridgehead atoms. The minimum atomic E-state index is -0.152. The lowest BCUT2D eigenvalue weighted by Crippen LogP contribution is -2.54. The van der Waals surface area contributed by atoms with Crippen LogP contribution in [0.1, 0.15) is 11.4 Å². The lowest BCUT2D eigenvalue weighted by molar-refractivity contribution is 1.05. The molecule has 0 spiro atoms. The van der Waals surface area contributed by atoms with Crippen molar-refractivity contribution in [3.05, 3.63) is 143 Å². The third-order valence-electron chi connectivity index (χ3n) is 8.11. The van der Waals surface area contributed by atoms with E-state index < -0.39 is 0 Å². The first-order valence-electron chi connectivity index (χ1n) is 14.1. The highest BCUT2D eigenvalue weighted by Gasteiger charge is 2.31. The Morgan fingerprint density at radius 2 is 0.738 bits per heavy atom. The van der Waals surface area contributed by atoms with Crippen LogP contribution >= 0.6 is 0 Å². The van der Waals surface area contributed by atoms with Gasteiger partial charge in [-0.2, -0.15) is 10.5 Å². The number of hydrogen-bond acceptors (Lipinski definition) is 2. The molecular formula is C36H28B2N4. The van der Waals surface area contributed by atoms with Crippen LogP contribution in [0.15, 0.2) is 121 Å². The average molecular weight is 538 g/mol. The molecule has 0 saturated heterocycles. The molecule has 2 heterocycles. The van der Waals surface area contributed by atoms with Gasteiger partial charge in [0.05, 0.1) is 12.1 Å². The Morgan fingerprint density at radius 3 is 0.976 bits per heavy atom. The van der Waals surface area contributed by atoms with Gasteiger partial charge in [0, 0.05) is 45.0 Å². The molecule has 4 aromatic carbocycles. The van der Waals surface area contributed by atoms with Crippen LogP contribution in [0.3, 0.4) is 0 Å². The first kappa shape index (κ1) is 26.8. The highest BCUT2D eigenvalue weighted by atomic mass is 15.0.